The Morgan fingerprint density at radius 3 is 2.75 bits per heavy atom. The SMILES string of the molecule is C=CCOC(=O)CCNC(C)=O. The minimum absolute atomic E-state index is 0.147. The molecule has 0 fully saturated rings. The van der Waals surface area contributed by atoms with Gasteiger partial charge in [0, 0.05) is 13.5 Å². The van der Waals surface area contributed by atoms with Crippen molar-refractivity contribution in [3.63, 3.8) is 0 Å². The lowest BCUT2D eigenvalue weighted by Crippen LogP contribution is -2.23. The minimum Gasteiger partial charge on any atom is -0.461 e. The first-order chi connectivity index (χ1) is 5.66. The monoisotopic (exact) mass is 171 g/mol. The van der Waals surface area contributed by atoms with Crippen molar-refractivity contribution in [3.8, 4) is 0 Å². The maximum atomic E-state index is 10.8. The highest BCUT2D eigenvalue weighted by Gasteiger charge is 2.00. The minimum atomic E-state index is -0.330. The number of nitrogens with one attached hydrogen (secondary N) is 1. The van der Waals surface area contributed by atoms with Crippen molar-refractivity contribution in [1.29, 1.82) is 0 Å². The van der Waals surface area contributed by atoms with Crippen molar-refractivity contribution in [1.82, 2.24) is 5.32 Å². The van der Waals surface area contributed by atoms with Crippen LogP contribution in [0.25, 0.3) is 0 Å². The zero-order valence-electron chi connectivity index (χ0n) is 7.13. The molecule has 1 N–H and O–H groups in total. The Bertz CT molecular complexity index is 177. The highest BCUT2D eigenvalue weighted by Crippen LogP contribution is 1.84. The number of amides is 1. The van der Waals surface area contributed by atoms with Gasteiger partial charge in [-0.25, -0.2) is 0 Å². The largest absolute Gasteiger partial charge is 0.461 e. The predicted octanol–water partition coefficient (Wildman–Crippen LogP) is 0.242. The van der Waals surface area contributed by atoms with Crippen LogP contribution in [0, 0.1) is 0 Å². The predicted molar refractivity (Wildman–Crippen MR) is 44.5 cm³/mol. The molecule has 0 saturated heterocycles. The van der Waals surface area contributed by atoms with Gasteiger partial charge in [-0.1, -0.05) is 12.7 Å². The van der Waals surface area contributed by atoms with Gasteiger partial charge in [0.1, 0.15) is 6.61 Å². The third-order valence-corrected chi connectivity index (χ3v) is 1.07. The van der Waals surface area contributed by atoms with Crippen LogP contribution in [0.5, 0.6) is 0 Å². The lowest BCUT2D eigenvalue weighted by molar-refractivity contribution is -0.142. The van der Waals surface area contributed by atoms with Gasteiger partial charge in [0.2, 0.25) is 5.91 Å². The third-order valence-electron chi connectivity index (χ3n) is 1.07. The molecule has 0 rings (SSSR count). The summed E-state index contributed by atoms with van der Waals surface area (Å²) in [6.07, 6.45) is 1.70. The van der Waals surface area contributed by atoms with Gasteiger partial charge in [-0.05, 0) is 0 Å². The lowest BCUT2D eigenvalue weighted by atomic mass is 10.4. The van der Waals surface area contributed by atoms with Gasteiger partial charge in [-0.2, -0.15) is 0 Å². The highest BCUT2D eigenvalue weighted by molar-refractivity contribution is 5.74. The van der Waals surface area contributed by atoms with E-state index in [1.165, 1.54) is 13.0 Å². The maximum Gasteiger partial charge on any atom is 0.307 e. The van der Waals surface area contributed by atoms with Crippen molar-refractivity contribution in [2.75, 3.05) is 13.2 Å². The van der Waals surface area contributed by atoms with Crippen LogP contribution in [0.2, 0.25) is 0 Å². The van der Waals surface area contributed by atoms with E-state index in [1.54, 1.807) is 0 Å². The highest BCUT2D eigenvalue weighted by atomic mass is 16.5. The number of hydrogen-bond donors (Lipinski definition) is 1. The number of hydrogen-bond acceptors (Lipinski definition) is 3. The summed E-state index contributed by atoms with van der Waals surface area (Å²) in [5.74, 6) is -0.477. The van der Waals surface area contributed by atoms with Crippen LogP contribution < -0.4 is 5.32 Å². The number of ether oxygens (including phenoxy) is 1. The first-order valence-electron chi connectivity index (χ1n) is 3.67. The zero-order chi connectivity index (χ0) is 9.40. The molecule has 0 aliphatic rings. The molecule has 0 aliphatic carbocycles. The topological polar surface area (TPSA) is 55.4 Å². The molecule has 0 spiro atoms. The number of carbonyl (C=O) groups is 2. The summed E-state index contributed by atoms with van der Waals surface area (Å²) in [5, 5.41) is 2.49. The van der Waals surface area contributed by atoms with Crippen molar-refractivity contribution in [2.45, 2.75) is 13.3 Å². The van der Waals surface area contributed by atoms with Crippen molar-refractivity contribution < 1.29 is 14.3 Å². The van der Waals surface area contributed by atoms with E-state index in [1.807, 2.05) is 0 Å². The summed E-state index contributed by atoms with van der Waals surface area (Å²) in [4.78, 5) is 21.1. The number of rotatable bonds is 5. The molecule has 12 heavy (non-hydrogen) atoms. The molecule has 0 bridgehead atoms. The standard InChI is InChI=1S/C8H13NO3/c1-3-6-12-8(11)4-5-9-7(2)10/h3H,1,4-6H2,2H3,(H,9,10). The van der Waals surface area contributed by atoms with Crippen LogP contribution in [0.1, 0.15) is 13.3 Å². The zero-order valence-corrected chi connectivity index (χ0v) is 7.13. The summed E-state index contributed by atoms with van der Waals surface area (Å²) in [6, 6.07) is 0. The molecule has 4 nitrogen and oxygen atoms in total. The Hall–Kier alpha value is -1.32. The van der Waals surface area contributed by atoms with E-state index in [4.69, 9.17) is 0 Å². The molecule has 4 heteroatoms. The van der Waals surface area contributed by atoms with Crippen LogP contribution in [0.4, 0.5) is 0 Å². The quantitative estimate of drug-likeness (QED) is 0.476. The molecule has 0 aromatic carbocycles. The van der Waals surface area contributed by atoms with E-state index in [2.05, 4.69) is 16.6 Å². The Kier molecular flexibility index (Phi) is 5.69. The average molecular weight is 171 g/mol. The molecule has 0 saturated carbocycles. The van der Waals surface area contributed by atoms with Gasteiger partial charge in [0.25, 0.3) is 0 Å². The van der Waals surface area contributed by atoms with Crippen molar-refractivity contribution in [2.24, 2.45) is 0 Å². The third kappa shape index (κ3) is 6.80. The van der Waals surface area contributed by atoms with Gasteiger partial charge in [0.05, 0.1) is 6.42 Å². The fourth-order valence-electron chi connectivity index (χ4n) is 0.565. The first-order valence-corrected chi connectivity index (χ1v) is 3.67. The van der Waals surface area contributed by atoms with E-state index in [9.17, 15) is 9.59 Å². The van der Waals surface area contributed by atoms with Crippen LogP contribution >= 0.6 is 0 Å². The Balaban J connectivity index is 3.31. The van der Waals surface area contributed by atoms with Gasteiger partial charge in [-0.3, -0.25) is 9.59 Å². The number of esters is 1. The Morgan fingerprint density at radius 1 is 1.58 bits per heavy atom. The Labute approximate surface area is 71.6 Å². The van der Waals surface area contributed by atoms with Gasteiger partial charge in [-0.15, -0.1) is 0 Å². The normalized spacial score (nSPS) is 8.75. The van der Waals surface area contributed by atoms with Gasteiger partial charge in [0.15, 0.2) is 0 Å². The van der Waals surface area contributed by atoms with Crippen LogP contribution in [0.15, 0.2) is 12.7 Å². The van der Waals surface area contributed by atoms with Crippen LogP contribution in [-0.2, 0) is 14.3 Å². The summed E-state index contributed by atoms with van der Waals surface area (Å²) < 4.78 is 4.66. The fourth-order valence-corrected chi connectivity index (χ4v) is 0.565. The molecular weight excluding hydrogens is 158 g/mol. The molecule has 68 valence electrons. The van der Waals surface area contributed by atoms with Crippen LogP contribution in [0.3, 0.4) is 0 Å². The summed E-state index contributed by atoms with van der Waals surface area (Å²) >= 11 is 0. The van der Waals surface area contributed by atoms with Crippen molar-refractivity contribution in [3.05, 3.63) is 12.7 Å². The Morgan fingerprint density at radius 2 is 2.25 bits per heavy atom. The molecule has 0 heterocycles. The maximum absolute atomic E-state index is 10.8. The lowest BCUT2D eigenvalue weighted by Gasteiger charge is -2.01. The second-order valence-corrected chi connectivity index (χ2v) is 2.20. The average Bonchev–Trinajstić information content (AvgIpc) is 2.00. The molecule has 0 aromatic heterocycles. The molecule has 1 amide bonds. The molecule has 0 aliphatic heterocycles. The van der Waals surface area contributed by atoms with E-state index in [0.717, 1.165) is 0 Å². The summed E-state index contributed by atoms with van der Waals surface area (Å²) in [5.41, 5.74) is 0. The smallest absolute Gasteiger partial charge is 0.307 e. The second kappa shape index (κ2) is 6.39. The van der Waals surface area contributed by atoms with E-state index < -0.39 is 0 Å². The van der Waals surface area contributed by atoms with Gasteiger partial charge < -0.3 is 10.1 Å². The van der Waals surface area contributed by atoms with E-state index in [0.29, 0.717) is 6.54 Å². The summed E-state index contributed by atoms with van der Waals surface area (Å²) in [6.45, 7) is 5.34. The van der Waals surface area contributed by atoms with Crippen LogP contribution in [-0.4, -0.2) is 25.0 Å². The second-order valence-electron chi connectivity index (χ2n) is 2.20. The van der Waals surface area contributed by atoms with E-state index in [-0.39, 0.29) is 24.9 Å². The first kappa shape index (κ1) is 10.7. The molecule has 0 unspecified atom stereocenters. The molecular formula is C8H13NO3. The van der Waals surface area contributed by atoms with E-state index >= 15 is 0 Å². The summed E-state index contributed by atoms with van der Waals surface area (Å²) in [7, 11) is 0. The number of carbonyl (C=O) groups excluding carboxylic acids is 2. The van der Waals surface area contributed by atoms with Gasteiger partial charge >= 0.3 is 5.97 Å². The molecule has 0 aromatic rings. The fraction of sp³-hybridized carbons (Fsp3) is 0.500. The molecule has 0 atom stereocenters. The molecule has 0 radical (unpaired) electrons. The van der Waals surface area contributed by atoms with Crippen molar-refractivity contribution >= 4 is 11.9 Å².